The number of amides is 2. The van der Waals surface area contributed by atoms with Crippen LogP contribution in [0.3, 0.4) is 0 Å². The normalized spacial score (nSPS) is 19.9. The van der Waals surface area contributed by atoms with E-state index in [4.69, 9.17) is 11.6 Å². The number of hydrogen-bond donors (Lipinski definition) is 0. The Morgan fingerprint density at radius 3 is 2.40 bits per heavy atom. The summed E-state index contributed by atoms with van der Waals surface area (Å²) in [6.07, 6.45) is 4.19. The number of rotatable bonds is 4. The van der Waals surface area contributed by atoms with Gasteiger partial charge in [-0.05, 0) is 50.3 Å². The number of benzene rings is 1. The van der Waals surface area contributed by atoms with E-state index in [9.17, 15) is 9.59 Å². The van der Waals surface area contributed by atoms with E-state index in [-0.39, 0.29) is 23.1 Å². The topological polar surface area (TPSA) is 40.6 Å². The highest BCUT2D eigenvalue weighted by Gasteiger charge is 2.49. The van der Waals surface area contributed by atoms with Gasteiger partial charge >= 0.3 is 0 Å². The van der Waals surface area contributed by atoms with Crippen molar-refractivity contribution in [1.82, 2.24) is 4.90 Å². The van der Waals surface area contributed by atoms with Gasteiger partial charge in [-0.25, -0.2) is 0 Å². The molecule has 1 aromatic carbocycles. The molecule has 0 atom stereocenters. The molecular formula is C20H27ClN2O2. The standard InChI is InChI=1S/C20H27ClN2O2/c1-3-15(4-2)18(24)22-11-8-20(9-12-22)10-13-23(19(20)25)17-7-5-6-16(21)14-17/h5-7,14-15H,3-4,8-13H2,1-2H3. The SMILES string of the molecule is CCC(CC)C(=O)N1CCC2(CC1)CCN(c1cccc(Cl)c1)C2=O. The maximum Gasteiger partial charge on any atom is 0.233 e. The molecule has 0 saturated carbocycles. The number of piperidine rings is 1. The summed E-state index contributed by atoms with van der Waals surface area (Å²) >= 11 is 6.08. The van der Waals surface area contributed by atoms with Crippen LogP contribution < -0.4 is 4.90 Å². The van der Waals surface area contributed by atoms with Crippen molar-refractivity contribution < 1.29 is 9.59 Å². The van der Waals surface area contributed by atoms with Crippen molar-refractivity contribution in [2.24, 2.45) is 11.3 Å². The van der Waals surface area contributed by atoms with Gasteiger partial charge in [0.2, 0.25) is 11.8 Å². The van der Waals surface area contributed by atoms with E-state index in [0.29, 0.717) is 18.1 Å². The number of nitrogens with zero attached hydrogens (tertiary/aromatic N) is 2. The average Bonchev–Trinajstić information content (AvgIpc) is 2.93. The van der Waals surface area contributed by atoms with E-state index < -0.39 is 0 Å². The molecule has 0 aliphatic carbocycles. The predicted molar refractivity (Wildman–Crippen MR) is 101 cm³/mol. The van der Waals surface area contributed by atoms with Gasteiger partial charge in [0.25, 0.3) is 0 Å². The second kappa shape index (κ2) is 7.36. The highest BCUT2D eigenvalue weighted by atomic mass is 35.5. The Kier molecular flexibility index (Phi) is 5.38. The summed E-state index contributed by atoms with van der Waals surface area (Å²) in [5.41, 5.74) is 0.581. The van der Waals surface area contributed by atoms with Crippen LogP contribution in [0.25, 0.3) is 0 Å². The largest absolute Gasteiger partial charge is 0.342 e. The molecule has 0 unspecified atom stereocenters. The van der Waals surface area contributed by atoms with Crippen molar-refractivity contribution in [2.75, 3.05) is 24.5 Å². The molecule has 2 amide bonds. The van der Waals surface area contributed by atoms with Crippen molar-refractivity contribution in [2.45, 2.75) is 46.0 Å². The first kappa shape index (κ1) is 18.2. The van der Waals surface area contributed by atoms with Gasteiger partial charge in [0, 0.05) is 36.3 Å². The number of carbonyl (C=O) groups excluding carboxylic acids is 2. The summed E-state index contributed by atoms with van der Waals surface area (Å²) in [5.74, 6) is 0.581. The molecule has 2 aliphatic rings. The third kappa shape index (κ3) is 3.41. The minimum Gasteiger partial charge on any atom is -0.342 e. The second-order valence-corrected chi connectivity index (χ2v) is 7.74. The quantitative estimate of drug-likeness (QED) is 0.808. The van der Waals surface area contributed by atoms with Gasteiger partial charge in [0.15, 0.2) is 0 Å². The van der Waals surface area contributed by atoms with Crippen LogP contribution in [-0.4, -0.2) is 36.3 Å². The van der Waals surface area contributed by atoms with Crippen molar-refractivity contribution in [1.29, 1.82) is 0 Å². The smallest absolute Gasteiger partial charge is 0.233 e. The van der Waals surface area contributed by atoms with E-state index in [2.05, 4.69) is 13.8 Å². The Bertz CT molecular complexity index is 649. The minimum atomic E-state index is -0.299. The van der Waals surface area contributed by atoms with Gasteiger partial charge < -0.3 is 9.80 Å². The monoisotopic (exact) mass is 362 g/mol. The Morgan fingerprint density at radius 1 is 1.16 bits per heavy atom. The van der Waals surface area contributed by atoms with Crippen molar-refractivity contribution in [3.05, 3.63) is 29.3 Å². The summed E-state index contributed by atoms with van der Waals surface area (Å²) in [6.45, 7) is 6.27. The molecule has 0 radical (unpaired) electrons. The number of carbonyl (C=O) groups is 2. The summed E-state index contributed by atoms with van der Waals surface area (Å²) in [7, 11) is 0. The van der Waals surface area contributed by atoms with Gasteiger partial charge in [0.1, 0.15) is 0 Å². The van der Waals surface area contributed by atoms with Gasteiger partial charge in [-0.15, -0.1) is 0 Å². The molecule has 2 saturated heterocycles. The predicted octanol–water partition coefficient (Wildman–Crippen LogP) is 4.12. The zero-order valence-corrected chi connectivity index (χ0v) is 15.9. The van der Waals surface area contributed by atoms with Crippen LogP contribution in [0.5, 0.6) is 0 Å². The van der Waals surface area contributed by atoms with Crippen LogP contribution in [0, 0.1) is 11.3 Å². The van der Waals surface area contributed by atoms with Gasteiger partial charge in [0.05, 0.1) is 5.41 Å². The Morgan fingerprint density at radius 2 is 1.80 bits per heavy atom. The Hall–Kier alpha value is -1.55. The Balaban J connectivity index is 1.67. The average molecular weight is 363 g/mol. The first-order valence-corrected chi connectivity index (χ1v) is 9.75. The van der Waals surface area contributed by atoms with E-state index in [1.165, 1.54) is 0 Å². The molecule has 136 valence electrons. The van der Waals surface area contributed by atoms with E-state index in [0.717, 1.165) is 44.3 Å². The fourth-order valence-corrected chi connectivity index (χ4v) is 4.41. The van der Waals surface area contributed by atoms with Crippen LogP contribution in [0.4, 0.5) is 5.69 Å². The molecule has 0 bridgehead atoms. The molecule has 5 heteroatoms. The summed E-state index contributed by atoms with van der Waals surface area (Å²) in [5, 5.41) is 0.650. The molecule has 25 heavy (non-hydrogen) atoms. The molecule has 4 nitrogen and oxygen atoms in total. The van der Waals surface area contributed by atoms with Crippen LogP contribution in [-0.2, 0) is 9.59 Å². The lowest BCUT2D eigenvalue weighted by Crippen LogP contribution is -2.48. The third-order valence-electron chi connectivity index (χ3n) is 6.00. The molecule has 0 aromatic heterocycles. The van der Waals surface area contributed by atoms with Crippen molar-refractivity contribution >= 4 is 29.1 Å². The molecule has 2 heterocycles. The first-order chi connectivity index (χ1) is 12.0. The second-order valence-electron chi connectivity index (χ2n) is 7.31. The van der Waals surface area contributed by atoms with E-state index in [1.807, 2.05) is 34.1 Å². The van der Waals surface area contributed by atoms with Crippen molar-refractivity contribution in [3.63, 3.8) is 0 Å². The maximum absolute atomic E-state index is 13.1. The molecule has 2 aliphatic heterocycles. The lowest BCUT2D eigenvalue weighted by Gasteiger charge is -2.39. The minimum absolute atomic E-state index is 0.122. The van der Waals surface area contributed by atoms with Gasteiger partial charge in [-0.2, -0.15) is 0 Å². The molecule has 2 fully saturated rings. The summed E-state index contributed by atoms with van der Waals surface area (Å²) in [4.78, 5) is 29.5. The number of anilines is 1. The molecular weight excluding hydrogens is 336 g/mol. The lowest BCUT2D eigenvalue weighted by atomic mass is 9.77. The van der Waals surface area contributed by atoms with Crippen LogP contribution in [0.2, 0.25) is 5.02 Å². The molecule has 3 rings (SSSR count). The number of likely N-dealkylation sites (tertiary alicyclic amines) is 1. The summed E-state index contributed by atoms with van der Waals surface area (Å²) < 4.78 is 0. The molecule has 1 spiro atoms. The third-order valence-corrected chi connectivity index (χ3v) is 6.23. The highest BCUT2D eigenvalue weighted by Crippen LogP contribution is 2.43. The van der Waals surface area contributed by atoms with Crippen LogP contribution >= 0.6 is 11.6 Å². The van der Waals surface area contributed by atoms with Gasteiger partial charge in [-0.1, -0.05) is 31.5 Å². The Labute approximate surface area is 155 Å². The van der Waals surface area contributed by atoms with Gasteiger partial charge in [-0.3, -0.25) is 9.59 Å². The fraction of sp³-hybridized carbons (Fsp3) is 0.600. The van der Waals surface area contributed by atoms with Crippen LogP contribution in [0.15, 0.2) is 24.3 Å². The van der Waals surface area contributed by atoms with Crippen LogP contribution in [0.1, 0.15) is 46.0 Å². The first-order valence-electron chi connectivity index (χ1n) is 9.37. The molecule has 0 N–H and O–H groups in total. The zero-order chi connectivity index (χ0) is 18.0. The maximum atomic E-state index is 13.1. The number of hydrogen-bond acceptors (Lipinski definition) is 2. The summed E-state index contributed by atoms with van der Waals surface area (Å²) in [6, 6.07) is 7.50. The lowest BCUT2D eigenvalue weighted by molar-refractivity contribution is -0.141. The number of halogens is 1. The fourth-order valence-electron chi connectivity index (χ4n) is 4.23. The zero-order valence-electron chi connectivity index (χ0n) is 15.1. The molecule has 1 aromatic rings. The van der Waals surface area contributed by atoms with E-state index >= 15 is 0 Å². The highest BCUT2D eigenvalue weighted by molar-refractivity contribution is 6.31. The van der Waals surface area contributed by atoms with Crippen molar-refractivity contribution in [3.8, 4) is 0 Å². The van der Waals surface area contributed by atoms with E-state index in [1.54, 1.807) is 0 Å².